The molecular weight excluding hydrogens is 254 g/mol. The van der Waals surface area contributed by atoms with Crippen LogP contribution in [0.3, 0.4) is 0 Å². The van der Waals surface area contributed by atoms with E-state index in [1.54, 1.807) is 0 Å². The third kappa shape index (κ3) is 4.49. The quantitative estimate of drug-likeness (QED) is 0.632. The zero-order valence-electron chi connectivity index (χ0n) is 12.0. The number of piperidine rings is 1. The summed E-state index contributed by atoms with van der Waals surface area (Å²) in [5.41, 5.74) is 1.25. The lowest BCUT2D eigenvalue weighted by molar-refractivity contribution is -0.140. The van der Waals surface area contributed by atoms with Crippen molar-refractivity contribution < 1.29 is 9.53 Å². The highest BCUT2D eigenvalue weighted by atomic mass is 16.5. The highest BCUT2D eigenvalue weighted by Crippen LogP contribution is 2.18. The summed E-state index contributed by atoms with van der Waals surface area (Å²) in [6, 6.07) is 4.68. The number of methoxy groups -OCH3 is 1. The molecule has 1 aliphatic heterocycles. The molecule has 1 fully saturated rings. The molecule has 5 heteroatoms. The van der Waals surface area contributed by atoms with Crippen LogP contribution in [0.25, 0.3) is 0 Å². The van der Waals surface area contributed by atoms with Crippen LogP contribution in [-0.2, 0) is 9.53 Å². The van der Waals surface area contributed by atoms with Crippen molar-refractivity contribution in [3.8, 4) is 0 Å². The number of nitrogens with one attached hydrogen (secondary N) is 1. The van der Waals surface area contributed by atoms with Gasteiger partial charge in [-0.05, 0) is 37.9 Å². The van der Waals surface area contributed by atoms with Gasteiger partial charge >= 0.3 is 5.97 Å². The number of carbonyl (C=O) groups excluding carboxylic acids is 1. The largest absolute Gasteiger partial charge is 0.469 e. The SMILES string of the molecule is COC(=O)CCCNC1CCN(c2ccncc2)CC1. The first-order chi connectivity index (χ1) is 9.79. The topological polar surface area (TPSA) is 54.5 Å². The van der Waals surface area contributed by atoms with Gasteiger partial charge in [-0.25, -0.2) is 0 Å². The van der Waals surface area contributed by atoms with E-state index in [1.165, 1.54) is 12.8 Å². The summed E-state index contributed by atoms with van der Waals surface area (Å²) in [6.45, 7) is 3.02. The van der Waals surface area contributed by atoms with Gasteiger partial charge in [-0.2, -0.15) is 0 Å². The van der Waals surface area contributed by atoms with Gasteiger partial charge in [0, 0.05) is 43.6 Å². The maximum Gasteiger partial charge on any atom is 0.305 e. The Morgan fingerprint density at radius 3 is 2.75 bits per heavy atom. The zero-order valence-corrected chi connectivity index (χ0v) is 12.0. The number of ether oxygens (including phenoxy) is 1. The molecular formula is C15H23N3O2. The molecule has 110 valence electrons. The van der Waals surface area contributed by atoms with E-state index in [0.717, 1.165) is 38.9 Å². The smallest absolute Gasteiger partial charge is 0.305 e. The van der Waals surface area contributed by atoms with Crippen LogP contribution in [0.5, 0.6) is 0 Å². The van der Waals surface area contributed by atoms with Gasteiger partial charge in [-0.1, -0.05) is 0 Å². The van der Waals surface area contributed by atoms with Crippen molar-refractivity contribution in [2.45, 2.75) is 31.7 Å². The Kier molecular flexibility index (Phi) is 5.80. The van der Waals surface area contributed by atoms with Crippen molar-refractivity contribution in [1.82, 2.24) is 10.3 Å². The molecule has 1 N–H and O–H groups in total. The Balaban J connectivity index is 1.63. The van der Waals surface area contributed by atoms with Crippen LogP contribution in [-0.4, -0.2) is 43.7 Å². The third-order valence-corrected chi connectivity index (χ3v) is 3.74. The summed E-state index contributed by atoms with van der Waals surface area (Å²) in [4.78, 5) is 17.4. The van der Waals surface area contributed by atoms with Crippen LogP contribution < -0.4 is 10.2 Å². The van der Waals surface area contributed by atoms with Gasteiger partial charge in [0.25, 0.3) is 0 Å². The average molecular weight is 277 g/mol. The number of esters is 1. The average Bonchev–Trinajstić information content (AvgIpc) is 2.52. The second-order valence-electron chi connectivity index (χ2n) is 5.10. The van der Waals surface area contributed by atoms with Gasteiger partial charge < -0.3 is 15.0 Å². The first-order valence-electron chi connectivity index (χ1n) is 7.25. The Morgan fingerprint density at radius 2 is 2.10 bits per heavy atom. The van der Waals surface area contributed by atoms with Crippen LogP contribution in [0.1, 0.15) is 25.7 Å². The van der Waals surface area contributed by atoms with Crippen LogP contribution >= 0.6 is 0 Å². The summed E-state index contributed by atoms with van der Waals surface area (Å²) in [5.74, 6) is -0.126. The Labute approximate surface area is 120 Å². The molecule has 0 aromatic carbocycles. The van der Waals surface area contributed by atoms with E-state index in [1.807, 2.05) is 12.4 Å². The van der Waals surface area contributed by atoms with E-state index in [-0.39, 0.29) is 5.97 Å². The molecule has 0 atom stereocenters. The molecule has 0 amide bonds. The fourth-order valence-electron chi connectivity index (χ4n) is 2.54. The van der Waals surface area contributed by atoms with Crippen molar-refractivity contribution in [3.05, 3.63) is 24.5 Å². The predicted octanol–water partition coefficient (Wildman–Crippen LogP) is 1.59. The van der Waals surface area contributed by atoms with E-state index in [9.17, 15) is 4.79 Å². The molecule has 1 aromatic rings. The normalized spacial score (nSPS) is 16.1. The second kappa shape index (κ2) is 7.85. The van der Waals surface area contributed by atoms with Crippen molar-refractivity contribution in [2.75, 3.05) is 31.6 Å². The zero-order chi connectivity index (χ0) is 14.2. The maximum absolute atomic E-state index is 11.0. The van der Waals surface area contributed by atoms with Crippen molar-refractivity contribution in [2.24, 2.45) is 0 Å². The van der Waals surface area contributed by atoms with E-state index >= 15 is 0 Å². The van der Waals surface area contributed by atoms with Gasteiger partial charge in [-0.3, -0.25) is 9.78 Å². The van der Waals surface area contributed by atoms with Crippen molar-refractivity contribution >= 4 is 11.7 Å². The second-order valence-corrected chi connectivity index (χ2v) is 5.10. The number of hydrogen-bond acceptors (Lipinski definition) is 5. The number of rotatable bonds is 6. The molecule has 0 unspecified atom stereocenters. The predicted molar refractivity (Wildman–Crippen MR) is 78.7 cm³/mol. The molecule has 2 rings (SSSR count). The monoisotopic (exact) mass is 277 g/mol. The van der Waals surface area contributed by atoms with Gasteiger partial charge in [0.2, 0.25) is 0 Å². The first kappa shape index (κ1) is 14.8. The summed E-state index contributed by atoms with van der Waals surface area (Å²) >= 11 is 0. The maximum atomic E-state index is 11.0. The number of nitrogens with zero attached hydrogens (tertiary/aromatic N) is 2. The summed E-state index contributed by atoms with van der Waals surface area (Å²) < 4.78 is 4.63. The van der Waals surface area contributed by atoms with E-state index in [0.29, 0.717) is 12.5 Å². The van der Waals surface area contributed by atoms with Crippen LogP contribution in [0, 0.1) is 0 Å². The van der Waals surface area contributed by atoms with Gasteiger partial charge in [0.1, 0.15) is 0 Å². The minimum Gasteiger partial charge on any atom is -0.469 e. The van der Waals surface area contributed by atoms with E-state index in [4.69, 9.17) is 0 Å². The molecule has 1 saturated heterocycles. The molecule has 1 aliphatic rings. The number of pyridine rings is 1. The summed E-state index contributed by atoms with van der Waals surface area (Å²) in [5, 5.41) is 3.53. The third-order valence-electron chi connectivity index (χ3n) is 3.74. The molecule has 0 bridgehead atoms. The van der Waals surface area contributed by atoms with Gasteiger partial charge in [0.15, 0.2) is 0 Å². The lowest BCUT2D eigenvalue weighted by Gasteiger charge is -2.34. The summed E-state index contributed by atoms with van der Waals surface area (Å²) in [6.07, 6.45) is 7.30. The Bertz CT molecular complexity index is 403. The molecule has 0 spiro atoms. The van der Waals surface area contributed by atoms with Gasteiger partial charge in [0.05, 0.1) is 7.11 Å². The fourth-order valence-corrected chi connectivity index (χ4v) is 2.54. The molecule has 0 saturated carbocycles. The van der Waals surface area contributed by atoms with Gasteiger partial charge in [-0.15, -0.1) is 0 Å². The summed E-state index contributed by atoms with van der Waals surface area (Å²) in [7, 11) is 1.44. The molecule has 2 heterocycles. The highest BCUT2D eigenvalue weighted by Gasteiger charge is 2.18. The first-order valence-corrected chi connectivity index (χ1v) is 7.25. The number of carbonyl (C=O) groups is 1. The molecule has 0 aliphatic carbocycles. The molecule has 5 nitrogen and oxygen atoms in total. The van der Waals surface area contributed by atoms with Crippen molar-refractivity contribution in [3.63, 3.8) is 0 Å². The molecule has 0 radical (unpaired) electrons. The number of anilines is 1. The lowest BCUT2D eigenvalue weighted by Crippen LogP contribution is -2.42. The number of hydrogen-bond donors (Lipinski definition) is 1. The minimum atomic E-state index is -0.126. The Hall–Kier alpha value is -1.62. The van der Waals surface area contributed by atoms with Crippen LogP contribution in [0.4, 0.5) is 5.69 Å². The molecule has 20 heavy (non-hydrogen) atoms. The van der Waals surface area contributed by atoms with Crippen molar-refractivity contribution in [1.29, 1.82) is 0 Å². The fraction of sp³-hybridized carbons (Fsp3) is 0.600. The Morgan fingerprint density at radius 1 is 1.40 bits per heavy atom. The minimum absolute atomic E-state index is 0.126. The lowest BCUT2D eigenvalue weighted by atomic mass is 10.0. The molecule has 1 aromatic heterocycles. The standard InChI is InChI=1S/C15H23N3O2/c1-20-15(19)3-2-8-17-13-6-11-18(12-7-13)14-4-9-16-10-5-14/h4-5,9-10,13,17H,2-3,6-8,11-12H2,1H3. The number of aromatic nitrogens is 1. The van der Waals surface area contributed by atoms with E-state index < -0.39 is 0 Å². The van der Waals surface area contributed by atoms with E-state index in [2.05, 4.69) is 32.1 Å². The van der Waals surface area contributed by atoms with Crippen LogP contribution in [0.2, 0.25) is 0 Å². The van der Waals surface area contributed by atoms with Crippen LogP contribution in [0.15, 0.2) is 24.5 Å². The highest BCUT2D eigenvalue weighted by molar-refractivity contribution is 5.69.